The van der Waals surface area contributed by atoms with Crippen LogP contribution in [0.3, 0.4) is 0 Å². The van der Waals surface area contributed by atoms with Gasteiger partial charge in [0.25, 0.3) is 0 Å². The van der Waals surface area contributed by atoms with Gasteiger partial charge in [0, 0.05) is 18.3 Å². The van der Waals surface area contributed by atoms with Gasteiger partial charge in [-0.25, -0.2) is 9.97 Å². The molecule has 1 aliphatic heterocycles. The second-order valence-corrected chi connectivity index (χ2v) is 6.39. The van der Waals surface area contributed by atoms with Crippen molar-refractivity contribution in [2.45, 2.75) is 38.4 Å². The van der Waals surface area contributed by atoms with Crippen LogP contribution in [0.4, 0.5) is 36.2 Å². The van der Waals surface area contributed by atoms with E-state index < -0.39 is 16.7 Å². The van der Waals surface area contributed by atoms with Crippen LogP contribution < -0.4 is 10.2 Å². The number of nitrogens with one attached hydrogen (secondary N) is 1. The molecule has 2 aromatic rings. The Kier molecular flexibility index (Phi) is 5.15. The van der Waals surface area contributed by atoms with E-state index in [4.69, 9.17) is 0 Å². The molecule has 2 heterocycles. The van der Waals surface area contributed by atoms with Crippen LogP contribution in [0.15, 0.2) is 30.6 Å². The third-order valence-corrected chi connectivity index (χ3v) is 4.51. The molecular formula is C17H18F3N5O2. The van der Waals surface area contributed by atoms with Crippen molar-refractivity contribution in [1.29, 1.82) is 0 Å². The molecule has 1 atom stereocenters. The first kappa shape index (κ1) is 18.9. The van der Waals surface area contributed by atoms with Crippen molar-refractivity contribution in [2.75, 3.05) is 16.8 Å². The van der Waals surface area contributed by atoms with Crippen LogP contribution in [0.2, 0.25) is 0 Å². The number of alkyl halides is 3. The first-order valence-corrected chi connectivity index (χ1v) is 8.47. The Morgan fingerprint density at radius 1 is 1.30 bits per heavy atom. The van der Waals surface area contributed by atoms with Gasteiger partial charge in [0.1, 0.15) is 6.33 Å². The lowest BCUT2D eigenvalue weighted by molar-refractivity contribution is -0.383. The van der Waals surface area contributed by atoms with E-state index in [0.717, 1.165) is 31.4 Å². The van der Waals surface area contributed by atoms with Crippen LogP contribution in [-0.4, -0.2) is 27.5 Å². The molecule has 3 rings (SSSR count). The van der Waals surface area contributed by atoms with E-state index in [0.29, 0.717) is 6.54 Å². The number of piperidine rings is 1. The minimum Gasteiger partial charge on any atom is -0.348 e. The second kappa shape index (κ2) is 7.37. The Hall–Kier alpha value is -2.91. The monoisotopic (exact) mass is 381 g/mol. The van der Waals surface area contributed by atoms with Crippen molar-refractivity contribution in [2.24, 2.45) is 0 Å². The molecule has 1 saturated heterocycles. The van der Waals surface area contributed by atoms with Gasteiger partial charge in [-0.3, -0.25) is 10.1 Å². The van der Waals surface area contributed by atoms with E-state index in [1.54, 1.807) is 0 Å². The first-order chi connectivity index (χ1) is 12.8. The van der Waals surface area contributed by atoms with Crippen molar-refractivity contribution in [3.05, 3.63) is 46.3 Å². The maximum atomic E-state index is 12.9. The molecule has 0 bridgehead atoms. The average molecular weight is 381 g/mol. The minimum atomic E-state index is -4.51. The summed E-state index contributed by atoms with van der Waals surface area (Å²) in [4.78, 5) is 20.9. The van der Waals surface area contributed by atoms with E-state index in [1.165, 1.54) is 18.5 Å². The van der Waals surface area contributed by atoms with Gasteiger partial charge in [-0.05, 0) is 44.4 Å². The summed E-state index contributed by atoms with van der Waals surface area (Å²) in [6.07, 6.45) is -0.519. The topological polar surface area (TPSA) is 84.2 Å². The molecule has 0 saturated carbocycles. The third-order valence-electron chi connectivity index (χ3n) is 4.51. The number of hydrogen-bond donors (Lipinski definition) is 1. The largest absolute Gasteiger partial charge is 0.416 e. The summed E-state index contributed by atoms with van der Waals surface area (Å²) < 4.78 is 38.7. The lowest BCUT2D eigenvalue weighted by atomic mass is 10.0. The smallest absolute Gasteiger partial charge is 0.348 e. The van der Waals surface area contributed by atoms with Crippen molar-refractivity contribution >= 4 is 23.0 Å². The van der Waals surface area contributed by atoms with Crippen LogP contribution in [0.5, 0.6) is 0 Å². The van der Waals surface area contributed by atoms with Gasteiger partial charge in [0.2, 0.25) is 11.6 Å². The van der Waals surface area contributed by atoms with Gasteiger partial charge in [0.05, 0.1) is 10.5 Å². The number of benzene rings is 1. The third kappa shape index (κ3) is 4.09. The standard InChI is InChI=1S/C17H18F3N5O2/c1-11-5-2-3-8-24(11)16-14(25(26)27)15(21-10-22-16)23-13-7-4-6-12(9-13)17(18,19)20/h4,6-7,9-11H,2-3,5,8H2,1H3,(H,21,22,23). The number of halogens is 3. The molecule has 0 amide bonds. The molecule has 1 aromatic carbocycles. The molecule has 1 aromatic heterocycles. The van der Waals surface area contributed by atoms with E-state index >= 15 is 0 Å². The molecule has 0 spiro atoms. The Labute approximate surface area is 153 Å². The summed E-state index contributed by atoms with van der Waals surface area (Å²) in [6, 6.07) is 4.51. The Bertz CT molecular complexity index is 844. The summed E-state index contributed by atoms with van der Waals surface area (Å²) >= 11 is 0. The number of aromatic nitrogens is 2. The highest BCUT2D eigenvalue weighted by atomic mass is 19.4. The number of hydrogen-bond acceptors (Lipinski definition) is 6. The summed E-state index contributed by atoms with van der Waals surface area (Å²) in [5.74, 6) is 0.0405. The van der Waals surface area contributed by atoms with Crippen molar-refractivity contribution in [3.63, 3.8) is 0 Å². The molecule has 27 heavy (non-hydrogen) atoms. The molecule has 0 radical (unpaired) electrons. The average Bonchev–Trinajstić information content (AvgIpc) is 2.61. The van der Waals surface area contributed by atoms with Gasteiger partial charge in [-0.2, -0.15) is 13.2 Å². The Balaban J connectivity index is 1.99. The van der Waals surface area contributed by atoms with E-state index in [1.807, 2.05) is 11.8 Å². The Morgan fingerprint density at radius 3 is 2.74 bits per heavy atom. The quantitative estimate of drug-likeness (QED) is 0.619. The molecule has 0 aliphatic carbocycles. The maximum absolute atomic E-state index is 12.9. The van der Waals surface area contributed by atoms with Crippen molar-refractivity contribution in [1.82, 2.24) is 9.97 Å². The van der Waals surface area contributed by atoms with Crippen LogP contribution in [0.1, 0.15) is 31.7 Å². The fraction of sp³-hybridized carbons (Fsp3) is 0.412. The zero-order valence-electron chi connectivity index (χ0n) is 14.5. The maximum Gasteiger partial charge on any atom is 0.416 e. The molecule has 144 valence electrons. The van der Waals surface area contributed by atoms with Gasteiger partial charge in [-0.15, -0.1) is 0 Å². The minimum absolute atomic E-state index is 0.0595. The number of anilines is 3. The van der Waals surface area contributed by atoms with Gasteiger partial charge in [0.15, 0.2) is 0 Å². The van der Waals surface area contributed by atoms with Crippen LogP contribution in [0.25, 0.3) is 0 Å². The zero-order valence-corrected chi connectivity index (χ0v) is 14.5. The fourth-order valence-electron chi connectivity index (χ4n) is 3.16. The molecule has 7 nitrogen and oxygen atoms in total. The SMILES string of the molecule is CC1CCCCN1c1ncnc(Nc2cccc(C(F)(F)F)c2)c1[N+](=O)[O-]. The summed E-state index contributed by atoms with van der Waals surface area (Å²) in [6.45, 7) is 2.59. The number of nitrogens with zero attached hydrogens (tertiary/aromatic N) is 4. The predicted octanol–water partition coefficient (Wildman–Crippen LogP) is 4.53. The zero-order chi connectivity index (χ0) is 19.6. The fourth-order valence-corrected chi connectivity index (χ4v) is 3.16. The summed E-state index contributed by atoms with van der Waals surface area (Å²) in [5.41, 5.74) is -1.14. The van der Waals surface area contributed by atoms with Crippen molar-refractivity contribution in [3.8, 4) is 0 Å². The van der Waals surface area contributed by atoms with Crippen LogP contribution >= 0.6 is 0 Å². The van der Waals surface area contributed by atoms with Gasteiger partial charge < -0.3 is 10.2 Å². The Morgan fingerprint density at radius 2 is 2.07 bits per heavy atom. The second-order valence-electron chi connectivity index (χ2n) is 6.39. The number of nitro groups is 1. The molecule has 1 N–H and O–H groups in total. The van der Waals surface area contributed by atoms with E-state index in [9.17, 15) is 23.3 Å². The first-order valence-electron chi connectivity index (χ1n) is 8.47. The molecular weight excluding hydrogens is 363 g/mol. The van der Waals surface area contributed by atoms with Crippen molar-refractivity contribution < 1.29 is 18.1 Å². The number of rotatable bonds is 4. The molecule has 1 fully saturated rings. The highest BCUT2D eigenvalue weighted by Crippen LogP contribution is 2.37. The van der Waals surface area contributed by atoms with Gasteiger partial charge in [-0.1, -0.05) is 6.07 Å². The summed E-state index contributed by atoms with van der Waals surface area (Å²) in [7, 11) is 0. The highest BCUT2D eigenvalue weighted by Gasteiger charge is 2.32. The highest BCUT2D eigenvalue weighted by molar-refractivity contribution is 5.74. The van der Waals surface area contributed by atoms with E-state index in [-0.39, 0.29) is 29.1 Å². The lowest BCUT2D eigenvalue weighted by Crippen LogP contribution is -2.38. The van der Waals surface area contributed by atoms with Crippen LogP contribution in [-0.2, 0) is 6.18 Å². The summed E-state index contributed by atoms with van der Waals surface area (Å²) in [5, 5.41) is 14.3. The van der Waals surface area contributed by atoms with Crippen LogP contribution in [0, 0.1) is 10.1 Å². The normalized spacial score (nSPS) is 17.6. The molecule has 1 unspecified atom stereocenters. The predicted molar refractivity (Wildman–Crippen MR) is 94.1 cm³/mol. The molecule has 1 aliphatic rings. The lowest BCUT2D eigenvalue weighted by Gasteiger charge is -2.33. The van der Waals surface area contributed by atoms with Gasteiger partial charge >= 0.3 is 11.9 Å². The van der Waals surface area contributed by atoms with E-state index in [2.05, 4.69) is 15.3 Å². The molecule has 10 heteroatoms.